The van der Waals surface area contributed by atoms with Crippen molar-refractivity contribution in [3.05, 3.63) is 65.9 Å². The van der Waals surface area contributed by atoms with Crippen molar-refractivity contribution in [3.63, 3.8) is 0 Å². The fourth-order valence-corrected chi connectivity index (χ4v) is 3.34. The van der Waals surface area contributed by atoms with E-state index in [1.807, 2.05) is 45.3 Å². The molecule has 5 nitrogen and oxygen atoms in total. The van der Waals surface area contributed by atoms with Gasteiger partial charge in [0.25, 0.3) is 0 Å². The number of fused-ring (bicyclic) bond motifs is 1. The second kappa shape index (κ2) is 11.1. The summed E-state index contributed by atoms with van der Waals surface area (Å²) in [6, 6.07) is 3.91. The molecule has 0 aliphatic rings. The van der Waals surface area contributed by atoms with E-state index in [1.54, 1.807) is 23.6 Å². The van der Waals surface area contributed by atoms with Crippen LogP contribution in [0, 0.1) is 5.92 Å². The SMILES string of the molecule is C\C=C(/C=C\C(C)=N\C=C/C(C)C)c1csc2ccc(N=C(N)/C=C\NC)nc12. The van der Waals surface area contributed by atoms with Crippen LogP contribution in [-0.4, -0.2) is 23.6 Å². The Bertz CT molecular complexity index is 1000. The van der Waals surface area contributed by atoms with E-state index in [2.05, 4.69) is 52.8 Å². The summed E-state index contributed by atoms with van der Waals surface area (Å²) in [7, 11) is 1.81. The minimum absolute atomic E-state index is 0.399. The van der Waals surface area contributed by atoms with Gasteiger partial charge in [-0.1, -0.05) is 32.1 Å². The van der Waals surface area contributed by atoms with Crippen molar-refractivity contribution in [2.24, 2.45) is 21.6 Å². The summed E-state index contributed by atoms with van der Waals surface area (Å²) in [5.41, 5.74) is 9.96. The van der Waals surface area contributed by atoms with Crippen molar-refractivity contribution in [2.45, 2.75) is 27.7 Å². The minimum atomic E-state index is 0.399. The molecular formula is C23H29N5S. The van der Waals surface area contributed by atoms with Crippen LogP contribution < -0.4 is 11.1 Å². The first-order valence-corrected chi connectivity index (χ1v) is 10.4. The van der Waals surface area contributed by atoms with Crippen LogP contribution in [0.1, 0.15) is 33.3 Å². The lowest BCUT2D eigenvalue weighted by Gasteiger charge is -2.02. The maximum Gasteiger partial charge on any atom is 0.155 e. The molecule has 2 rings (SSSR count). The smallest absolute Gasteiger partial charge is 0.155 e. The first-order chi connectivity index (χ1) is 13.9. The Kier molecular flexibility index (Phi) is 8.55. The van der Waals surface area contributed by atoms with Gasteiger partial charge in [-0.25, -0.2) is 9.98 Å². The predicted octanol–water partition coefficient (Wildman–Crippen LogP) is 5.61. The highest BCUT2D eigenvalue weighted by Crippen LogP contribution is 2.32. The van der Waals surface area contributed by atoms with Gasteiger partial charge < -0.3 is 11.1 Å². The second-order valence-electron chi connectivity index (χ2n) is 6.76. The molecular weight excluding hydrogens is 378 g/mol. The molecule has 0 saturated carbocycles. The highest BCUT2D eigenvalue weighted by molar-refractivity contribution is 7.17. The van der Waals surface area contributed by atoms with Gasteiger partial charge >= 0.3 is 0 Å². The van der Waals surface area contributed by atoms with Crippen LogP contribution in [0.3, 0.4) is 0 Å². The summed E-state index contributed by atoms with van der Waals surface area (Å²) in [4.78, 5) is 13.5. The molecule has 0 aliphatic heterocycles. The van der Waals surface area contributed by atoms with Crippen molar-refractivity contribution in [1.82, 2.24) is 10.3 Å². The number of aromatic nitrogens is 1. The maximum absolute atomic E-state index is 5.92. The van der Waals surface area contributed by atoms with Crippen LogP contribution in [0.2, 0.25) is 0 Å². The average Bonchev–Trinajstić information content (AvgIpc) is 3.10. The molecule has 152 valence electrons. The number of pyridine rings is 1. The van der Waals surface area contributed by atoms with Crippen molar-refractivity contribution in [3.8, 4) is 0 Å². The van der Waals surface area contributed by atoms with Gasteiger partial charge in [0.2, 0.25) is 0 Å². The zero-order valence-corrected chi connectivity index (χ0v) is 18.5. The number of allylic oxidation sites excluding steroid dienone is 5. The highest BCUT2D eigenvalue weighted by atomic mass is 32.1. The average molecular weight is 408 g/mol. The number of nitrogens with zero attached hydrogens (tertiary/aromatic N) is 3. The fraction of sp³-hybridized carbons (Fsp3) is 0.261. The third-order valence-electron chi connectivity index (χ3n) is 3.94. The third-order valence-corrected chi connectivity index (χ3v) is 4.88. The molecule has 0 atom stereocenters. The van der Waals surface area contributed by atoms with Gasteiger partial charge in [0.1, 0.15) is 5.84 Å². The quantitative estimate of drug-likeness (QED) is 0.339. The number of nitrogens with one attached hydrogen (secondary N) is 1. The zero-order valence-electron chi connectivity index (χ0n) is 17.7. The lowest BCUT2D eigenvalue weighted by molar-refractivity contribution is 0.829. The summed E-state index contributed by atoms with van der Waals surface area (Å²) in [6.45, 7) is 8.28. The highest BCUT2D eigenvalue weighted by Gasteiger charge is 2.09. The summed E-state index contributed by atoms with van der Waals surface area (Å²) in [5.74, 6) is 1.48. The predicted molar refractivity (Wildman–Crippen MR) is 129 cm³/mol. The van der Waals surface area contributed by atoms with E-state index in [0.717, 1.165) is 27.1 Å². The molecule has 0 unspecified atom stereocenters. The topological polar surface area (TPSA) is 75.7 Å². The van der Waals surface area contributed by atoms with Crippen molar-refractivity contribution < 1.29 is 0 Å². The monoisotopic (exact) mass is 407 g/mol. The Morgan fingerprint density at radius 3 is 2.72 bits per heavy atom. The van der Waals surface area contributed by atoms with E-state index in [4.69, 9.17) is 10.7 Å². The Hall–Kier alpha value is -2.99. The Labute approximate surface area is 177 Å². The second-order valence-corrected chi connectivity index (χ2v) is 7.67. The lowest BCUT2D eigenvalue weighted by atomic mass is 10.1. The summed E-state index contributed by atoms with van der Waals surface area (Å²) in [6.07, 6.45) is 13.5. The lowest BCUT2D eigenvalue weighted by Crippen LogP contribution is -2.08. The van der Waals surface area contributed by atoms with Crippen LogP contribution in [0.4, 0.5) is 5.82 Å². The largest absolute Gasteiger partial charge is 0.394 e. The first kappa shape index (κ1) is 22.3. The van der Waals surface area contributed by atoms with E-state index in [9.17, 15) is 0 Å². The number of nitrogens with two attached hydrogens (primary N) is 1. The zero-order chi connectivity index (χ0) is 21.2. The molecule has 3 N–H and O–H groups in total. The van der Waals surface area contributed by atoms with Crippen molar-refractivity contribution >= 4 is 44.5 Å². The van der Waals surface area contributed by atoms with Gasteiger partial charge in [0, 0.05) is 29.9 Å². The van der Waals surface area contributed by atoms with Crippen LogP contribution >= 0.6 is 11.3 Å². The molecule has 0 aliphatic carbocycles. The molecule has 0 spiro atoms. The van der Waals surface area contributed by atoms with Crippen LogP contribution in [0.5, 0.6) is 0 Å². The standard InChI is InChI=1S/C23H29N5S/c1-6-18(8-7-17(4)26-14-11-16(2)3)19-15-29-20-9-10-22(28-23(19)20)27-21(24)12-13-25-5/h6-16,25H,1-5H3,(H2,24,27,28)/b8-7-,13-12-,14-11-,18-6+,26-17+. The fourth-order valence-electron chi connectivity index (χ4n) is 2.44. The molecule has 0 saturated heterocycles. The Balaban J connectivity index is 2.32. The number of hydrogen-bond acceptors (Lipinski definition) is 5. The van der Waals surface area contributed by atoms with E-state index in [0.29, 0.717) is 17.6 Å². The Morgan fingerprint density at radius 2 is 2.03 bits per heavy atom. The molecule has 0 aromatic carbocycles. The van der Waals surface area contributed by atoms with Crippen LogP contribution in [0.25, 0.3) is 15.8 Å². The summed E-state index contributed by atoms with van der Waals surface area (Å²) in [5, 5.41) is 5.02. The van der Waals surface area contributed by atoms with E-state index in [-0.39, 0.29) is 0 Å². The number of rotatable bonds is 8. The molecule has 2 aromatic heterocycles. The van der Waals surface area contributed by atoms with Crippen LogP contribution in [-0.2, 0) is 0 Å². The maximum atomic E-state index is 5.92. The third kappa shape index (κ3) is 6.84. The Morgan fingerprint density at radius 1 is 1.24 bits per heavy atom. The van der Waals surface area contributed by atoms with E-state index < -0.39 is 0 Å². The van der Waals surface area contributed by atoms with Gasteiger partial charge in [-0.15, -0.1) is 11.3 Å². The van der Waals surface area contributed by atoms with Gasteiger partial charge in [0.05, 0.1) is 10.2 Å². The number of aliphatic imine (C=N–C) groups is 2. The molecule has 0 bridgehead atoms. The van der Waals surface area contributed by atoms with Gasteiger partial charge in [0.15, 0.2) is 5.82 Å². The normalized spacial score (nSPS) is 14.3. The molecule has 0 radical (unpaired) electrons. The first-order valence-electron chi connectivity index (χ1n) is 9.56. The van der Waals surface area contributed by atoms with E-state index >= 15 is 0 Å². The van der Waals surface area contributed by atoms with Crippen molar-refractivity contribution in [1.29, 1.82) is 0 Å². The molecule has 0 fully saturated rings. The molecule has 0 amide bonds. The molecule has 6 heteroatoms. The summed E-state index contributed by atoms with van der Waals surface area (Å²) < 4.78 is 1.11. The molecule has 2 heterocycles. The molecule has 29 heavy (non-hydrogen) atoms. The number of amidine groups is 1. The van der Waals surface area contributed by atoms with E-state index in [1.165, 1.54) is 0 Å². The minimum Gasteiger partial charge on any atom is -0.394 e. The number of thiophene rings is 1. The van der Waals surface area contributed by atoms with Gasteiger partial charge in [-0.05, 0) is 55.8 Å². The number of hydrogen-bond donors (Lipinski definition) is 2. The van der Waals surface area contributed by atoms with Gasteiger partial charge in [-0.3, -0.25) is 4.99 Å². The van der Waals surface area contributed by atoms with Crippen LogP contribution in [0.15, 0.2) is 70.3 Å². The van der Waals surface area contributed by atoms with Gasteiger partial charge in [-0.2, -0.15) is 0 Å². The molecule has 2 aromatic rings. The summed E-state index contributed by atoms with van der Waals surface area (Å²) >= 11 is 1.67. The van der Waals surface area contributed by atoms with Crippen molar-refractivity contribution in [2.75, 3.05) is 7.05 Å².